The van der Waals surface area contributed by atoms with Crippen molar-refractivity contribution in [1.29, 1.82) is 0 Å². The average Bonchev–Trinajstić information content (AvgIpc) is 2.69. The summed E-state index contributed by atoms with van der Waals surface area (Å²) < 4.78 is 5.26. The summed E-state index contributed by atoms with van der Waals surface area (Å²) in [6, 6.07) is 20.4. The van der Waals surface area contributed by atoms with Gasteiger partial charge in [-0.25, -0.2) is 4.98 Å². The van der Waals surface area contributed by atoms with Gasteiger partial charge in [0.25, 0.3) is 0 Å². The van der Waals surface area contributed by atoms with E-state index in [1.54, 1.807) is 13.3 Å². The molecule has 5 heteroatoms. The number of hydrogen-bond acceptors (Lipinski definition) is 5. The molecule has 0 aliphatic heterocycles. The highest BCUT2D eigenvalue weighted by Gasteiger charge is 2.05. The first kappa shape index (κ1) is 17.7. The topological polar surface area (TPSA) is 50.3 Å². The molecule has 0 spiro atoms. The quantitative estimate of drug-likeness (QED) is 0.671. The van der Waals surface area contributed by atoms with Gasteiger partial charge in [-0.3, -0.25) is 0 Å². The van der Waals surface area contributed by atoms with Crippen molar-refractivity contribution in [3.05, 3.63) is 78.0 Å². The molecular formula is C21H24N4O. The lowest BCUT2D eigenvalue weighted by atomic mass is 10.1. The van der Waals surface area contributed by atoms with Gasteiger partial charge in [0.05, 0.1) is 7.11 Å². The molecule has 3 rings (SSSR count). The maximum Gasteiger partial charge on any atom is 0.224 e. The van der Waals surface area contributed by atoms with E-state index in [4.69, 9.17) is 4.74 Å². The highest BCUT2D eigenvalue weighted by molar-refractivity contribution is 5.42. The van der Waals surface area contributed by atoms with Crippen molar-refractivity contribution < 1.29 is 4.74 Å². The van der Waals surface area contributed by atoms with E-state index in [0.717, 1.165) is 31.1 Å². The van der Waals surface area contributed by atoms with Gasteiger partial charge < -0.3 is 15.0 Å². The van der Waals surface area contributed by atoms with Crippen LogP contribution in [0.2, 0.25) is 0 Å². The van der Waals surface area contributed by atoms with Gasteiger partial charge in [-0.1, -0.05) is 42.5 Å². The first-order valence-corrected chi connectivity index (χ1v) is 8.69. The van der Waals surface area contributed by atoms with E-state index >= 15 is 0 Å². The normalized spacial score (nSPS) is 10.4. The molecule has 0 unspecified atom stereocenters. The highest BCUT2D eigenvalue weighted by Crippen LogP contribution is 2.15. The lowest BCUT2D eigenvalue weighted by Gasteiger charge is -2.18. The van der Waals surface area contributed by atoms with E-state index in [1.165, 1.54) is 11.1 Å². The summed E-state index contributed by atoms with van der Waals surface area (Å²) in [4.78, 5) is 11.0. The summed E-state index contributed by atoms with van der Waals surface area (Å²) in [5.41, 5.74) is 2.47. The molecule has 0 aliphatic rings. The van der Waals surface area contributed by atoms with Gasteiger partial charge in [0.2, 0.25) is 5.95 Å². The summed E-state index contributed by atoms with van der Waals surface area (Å²) >= 11 is 0. The lowest BCUT2D eigenvalue weighted by molar-refractivity contribution is 0.414. The van der Waals surface area contributed by atoms with Gasteiger partial charge in [-0.15, -0.1) is 0 Å². The van der Waals surface area contributed by atoms with Crippen LogP contribution in [-0.2, 0) is 13.0 Å². The lowest BCUT2D eigenvalue weighted by Crippen LogP contribution is -2.18. The van der Waals surface area contributed by atoms with Gasteiger partial charge in [0.1, 0.15) is 11.6 Å². The number of aromatic nitrogens is 2. The number of ether oxygens (including phenoxy) is 1. The summed E-state index contributed by atoms with van der Waals surface area (Å²) in [7, 11) is 3.72. The third-order valence-corrected chi connectivity index (χ3v) is 4.13. The molecule has 0 saturated heterocycles. The first-order valence-electron chi connectivity index (χ1n) is 8.69. The summed E-state index contributed by atoms with van der Waals surface area (Å²) in [6.45, 7) is 1.57. The number of nitrogens with zero attached hydrogens (tertiary/aromatic N) is 3. The van der Waals surface area contributed by atoms with E-state index < -0.39 is 0 Å². The molecule has 0 fully saturated rings. The molecule has 0 amide bonds. The number of benzene rings is 2. The molecule has 26 heavy (non-hydrogen) atoms. The van der Waals surface area contributed by atoms with Gasteiger partial charge in [0.15, 0.2) is 0 Å². The highest BCUT2D eigenvalue weighted by atomic mass is 16.5. The molecule has 0 radical (unpaired) electrons. The molecular weight excluding hydrogens is 324 g/mol. The third-order valence-electron chi connectivity index (χ3n) is 4.13. The van der Waals surface area contributed by atoms with Crippen LogP contribution in [0.1, 0.15) is 11.1 Å². The van der Waals surface area contributed by atoms with Crippen molar-refractivity contribution in [1.82, 2.24) is 9.97 Å². The van der Waals surface area contributed by atoms with E-state index in [-0.39, 0.29) is 0 Å². The second kappa shape index (κ2) is 8.85. The smallest absolute Gasteiger partial charge is 0.224 e. The molecule has 0 bridgehead atoms. The Morgan fingerprint density at radius 3 is 2.62 bits per heavy atom. The SMILES string of the molecule is COc1cccc(CCNc2nccc(N(C)Cc3ccccc3)n2)c1. The van der Waals surface area contributed by atoms with Crippen molar-refractivity contribution in [2.24, 2.45) is 0 Å². The first-order chi connectivity index (χ1) is 12.7. The van der Waals surface area contributed by atoms with Gasteiger partial charge in [-0.05, 0) is 35.7 Å². The van der Waals surface area contributed by atoms with Crippen molar-refractivity contribution in [2.45, 2.75) is 13.0 Å². The van der Waals surface area contributed by atoms with Gasteiger partial charge in [0, 0.05) is 26.3 Å². The van der Waals surface area contributed by atoms with Gasteiger partial charge >= 0.3 is 0 Å². The summed E-state index contributed by atoms with van der Waals surface area (Å²) in [5, 5.41) is 3.30. The van der Waals surface area contributed by atoms with E-state index in [0.29, 0.717) is 5.95 Å². The number of methoxy groups -OCH3 is 1. The van der Waals surface area contributed by atoms with Crippen molar-refractivity contribution in [2.75, 3.05) is 30.9 Å². The Balaban J connectivity index is 1.56. The Labute approximate surface area is 154 Å². The molecule has 1 aromatic heterocycles. The molecule has 0 atom stereocenters. The fourth-order valence-electron chi connectivity index (χ4n) is 2.73. The van der Waals surface area contributed by atoms with Crippen LogP contribution in [0.15, 0.2) is 66.9 Å². The van der Waals surface area contributed by atoms with E-state index in [1.807, 2.05) is 37.4 Å². The van der Waals surface area contributed by atoms with Gasteiger partial charge in [-0.2, -0.15) is 4.98 Å². The van der Waals surface area contributed by atoms with E-state index in [2.05, 4.69) is 50.5 Å². The van der Waals surface area contributed by atoms with Crippen LogP contribution in [0.4, 0.5) is 11.8 Å². The molecule has 0 saturated carbocycles. The Hall–Kier alpha value is -3.08. The minimum atomic E-state index is 0.644. The van der Waals surface area contributed by atoms with Crippen LogP contribution in [0, 0.1) is 0 Å². The Bertz CT molecular complexity index is 823. The van der Waals surface area contributed by atoms with E-state index in [9.17, 15) is 0 Å². The largest absolute Gasteiger partial charge is 0.497 e. The second-order valence-electron chi connectivity index (χ2n) is 6.11. The predicted octanol–water partition coefficient (Wildman–Crippen LogP) is 3.78. The standard InChI is InChI=1S/C21H24N4O/c1-25(16-18-7-4-3-5-8-18)20-12-14-23-21(24-20)22-13-11-17-9-6-10-19(15-17)26-2/h3-10,12,14-15H,11,13,16H2,1-2H3,(H,22,23,24). The molecule has 1 N–H and O–H groups in total. The van der Waals surface area contributed by atoms with Crippen LogP contribution in [0.25, 0.3) is 0 Å². The minimum Gasteiger partial charge on any atom is -0.497 e. The Morgan fingerprint density at radius 1 is 1.00 bits per heavy atom. The summed E-state index contributed by atoms with van der Waals surface area (Å²) in [6.07, 6.45) is 2.67. The molecule has 0 aliphatic carbocycles. The number of nitrogens with one attached hydrogen (secondary N) is 1. The molecule has 3 aromatic rings. The van der Waals surface area contributed by atoms with Crippen molar-refractivity contribution in [3.8, 4) is 5.75 Å². The molecule has 134 valence electrons. The Morgan fingerprint density at radius 2 is 1.81 bits per heavy atom. The molecule has 2 aromatic carbocycles. The minimum absolute atomic E-state index is 0.644. The maximum atomic E-state index is 5.26. The van der Waals surface area contributed by atoms with Crippen LogP contribution in [0.3, 0.4) is 0 Å². The third kappa shape index (κ3) is 4.96. The number of hydrogen-bond donors (Lipinski definition) is 1. The molecule has 5 nitrogen and oxygen atoms in total. The Kier molecular flexibility index (Phi) is 6.04. The van der Waals surface area contributed by atoms with Crippen LogP contribution < -0.4 is 15.0 Å². The number of anilines is 2. The second-order valence-corrected chi connectivity index (χ2v) is 6.11. The zero-order valence-corrected chi connectivity index (χ0v) is 15.2. The maximum absolute atomic E-state index is 5.26. The fraction of sp³-hybridized carbons (Fsp3) is 0.238. The number of rotatable bonds is 8. The zero-order chi connectivity index (χ0) is 18.2. The van der Waals surface area contributed by atoms with Crippen LogP contribution >= 0.6 is 0 Å². The average molecular weight is 348 g/mol. The fourth-order valence-corrected chi connectivity index (χ4v) is 2.73. The van der Waals surface area contributed by atoms with Crippen molar-refractivity contribution >= 4 is 11.8 Å². The summed E-state index contributed by atoms with van der Waals surface area (Å²) in [5.74, 6) is 2.42. The zero-order valence-electron chi connectivity index (χ0n) is 15.2. The van der Waals surface area contributed by atoms with Crippen LogP contribution in [0.5, 0.6) is 5.75 Å². The predicted molar refractivity (Wildman–Crippen MR) is 106 cm³/mol. The monoisotopic (exact) mass is 348 g/mol. The van der Waals surface area contributed by atoms with Crippen molar-refractivity contribution in [3.63, 3.8) is 0 Å². The molecule has 1 heterocycles. The van der Waals surface area contributed by atoms with Crippen LogP contribution in [-0.4, -0.2) is 30.7 Å².